The second-order valence-corrected chi connectivity index (χ2v) is 3.87. The molecule has 0 radical (unpaired) electrons. The molecule has 1 amide bonds. The number of aliphatic hydroxyl groups is 1. The Labute approximate surface area is 98.8 Å². The molecule has 5 heteroatoms. The van der Waals surface area contributed by atoms with Crippen LogP contribution < -0.4 is 5.32 Å². The topological polar surface area (TPSA) is 78.0 Å². The molecule has 1 aromatic carbocycles. The number of unbranched alkanes of at least 4 members (excludes halogenated alkanes) is 1. The van der Waals surface area contributed by atoms with Gasteiger partial charge < -0.3 is 10.4 Å². The average molecular weight is 233 g/mol. The van der Waals surface area contributed by atoms with E-state index in [0.717, 1.165) is 16.6 Å². The van der Waals surface area contributed by atoms with Crippen molar-refractivity contribution in [2.24, 2.45) is 0 Å². The minimum absolute atomic E-state index is 0.0350. The number of aromatic nitrogens is 2. The van der Waals surface area contributed by atoms with E-state index in [1.807, 2.05) is 18.2 Å². The fourth-order valence-corrected chi connectivity index (χ4v) is 1.69. The zero-order valence-corrected chi connectivity index (χ0v) is 9.44. The summed E-state index contributed by atoms with van der Waals surface area (Å²) < 4.78 is 0. The third-order valence-corrected chi connectivity index (χ3v) is 2.57. The first-order valence-electron chi connectivity index (χ1n) is 5.64. The van der Waals surface area contributed by atoms with Crippen LogP contribution in [0.5, 0.6) is 0 Å². The second kappa shape index (κ2) is 5.45. The zero-order valence-electron chi connectivity index (χ0n) is 9.44. The Hall–Kier alpha value is -1.88. The molecule has 90 valence electrons. The normalized spacial score (nSPS) is 10.6. The van der Waals surface area contributed by atoms with Crippen LogP contribution in [0.3, 0.4) is 0 Å². The monoisotopic (exact) mass is 233 g/mol. The SMILES string of the molecule is O=C(CCCCO)Nc1cccc2[nH]ncc12. The number of aromatic amines is 1. The van der Waals surface area contributed by atoms with E-state index < -0.39 is 0 Å². The summed E-state index contributed by atoms with van der Waals surface area (Å²) in [7, 11) is 0. The summed E-state index contributed by atoms with van der Waals surface area (Å²) >= 11 is 0. The van der Waals surface area contributed by atoms with Gasteiger partial charge in [-0.05, 0) is 25.0 Å². The Kier molecular flexibility index (Phi) is 3.72. The highest BCUT2D eigenvalue weighted by molar-refractivity contribution is 6.00. The number of nitrogens with one attached hydrogen (secondary N) is 2. The van der Waals surface area contributed by atoms with Crippen molar-refractivity contribution in [3.8, 4) is 0 Å². The molecule has 0 fully saturated rings. The van der Waals surface area contributed by atoms with Gasteiger partial charge in [-0.25, -0.2) is 0 Å². The summed E-state index contributed by atoms with van der Waals surface area (Å²) in [4.78, 5) is 11.6. The first-order valence-corrected chi connectivity index (χ1v) is 5.64. The number of amides is 1. The fraction of sp³-hybridized carbons (Fsp3) is 0.333. The van der Waals surface area contributed by atoms with Crippen molar-refractivity contribution in [2.45, 2.75) is 19.3 Å². The molecule has 2 aromatic rings. The zero-order chi connectivity index (χ0) is 12.1. The lowest BCUT2D eigenvalue weighted by molar-refractivity contribution is -0.116. The van der Waals surface area contributed by atoms with E-state index in [-0.39, 0.29) is 12.5 Å². The van der Waals surface area contributed by atoms with Gasteiger partial charge in [0.15, 0.2) is 0 Å². The maximum atomic E-state index is 11.6. The van der Waals surface area contributed by atoms with Gasteiger partial charge in [0.1, 0.15) is 0 Å². The number of anilines is 1. The number of nitrogens with zero attached hydrogens (tertiary/aromatic N) is 1. The van der Waals surface area contributed by atoms with Crippen LogP contribution in [0.1, 0.15) is 19.3 Å². The van der Waals surface area contributed by atoms with Gasteiger partial charge in [-0.15, -0.1) is 0 Å². The largest absolute Gasteiger partial charge is 0.396 e. The van der Waals surface area contributed by atoms with Gasteiger partial charge in [0.05, 0.1) is 17.4 Å². The van der Waals surface area contributed by atoms with E-state index in [0.29, 0.717) is 19.3 Å². The predicted molar refractivity (Wildman–Crippen MR) is 65.7 cm³/mol. The number of benzene rings is 1. The molecule has 0 spiro atoms. The van der Waals surface area contributed by atoms with Crippen molar-refractivity contribution < 1.29 is 9.90 Å². The van der Waals surface area contributed by atoms with Crippen LogP contribution in [0.25, 0.3) is 10.9 Å². The maximum Gasteiger partial charge on any atom is 0.224 e. The second-order valence-electron chi connectivity index (χ2n) is 3.87. The lowest BCUT2D eigenvalue weighted by Gasteiger charge is -2.05. The number of carbonyl (C=O) groups is 1. The van der Waals surface area contributed by atoms with Crippen LogP contribution in [0.15, 0.2) is 24.4 Å². The van der Waals surface area contributed by atoms with Crippen molar-refractivity contribution in [3.05, 3.63) is 24.4 Å². The lowest BCUT2D eigenvalue weighted by Crippen LogP contribution is -2.11. The molecule has 17 heavy (non-hydrogen) atoms. The Balaban J connectivity index is 2.03. The van der Waals surface area contributed by atoms with Crippen molar-refractivity contribution in [3.63, 3.8) is 0 Å². The van der Waals surface area contributed by atoms with Crippen molar-refractivity contribution in [1.82, 2.24) is 10.2 Å². The standard InChI is InChI=1S/C12H15N3O2/c16-7-2-1-6-12(17)14-10-4-3-5-11-9(10)8-13-15-11/h3-5,8,16H,1-2,6-7H2,(H,13,15)(H,14,17). The van der Waals surface area contributed by atoms with Crippen LogP contribution in [0.2, 0.25) is 0 Å². The van der Waals surface area contributed by atoms with Crippen LogP contribution in [0, 0.1) is 0 Å². The van der Waals surface area contributed by atoms with Crippen LogP contribution >= 0.6 is 0 Å². The Morgan fingerprint density at radius 2 is 2.29 bits per heavy atom. The molecule has 0 saturated heterocycles. The van der Waals surface area contributed by atoms with E-state index >= 15 is 0 Å². The number of hydrogen-bond acceptors (Lipinski definition) is 3. The van der Waals surface area contributed by atoms with Crippen LogP contribution in [0.4, 0.5) is 5.69 Å². The Bertz CT molecular complexity index is 507. The molecule has 0 saturated carbocycles. The Morgan fingerprint density at radius 1 is 1.41 bits per heavy atom. The van der Waals surface area contributed by atoms with E-state index in [1.165, 1.54) is 0 Å². The summed E-state index contributed by atoms with van der Waals surface area (Å²) in [6.07, 6.45) is 3.47. The van der Waals surface area contributed by atoms with Gasteiger partial charge in [-0.2, -0.15) is 5.10 Å². The van der Waals surface area contributed by atoms with Crippen molar-refractivity contribution >= 4 is 22.5 Å². The molecule has 0 bridgehead atoms. The average Bonchev–Trinajstić information content (AvgIpc) is 2.78. The highest BCUT2D eigenvalue weighted by atomic mass is 16.2. The number of H-pyrrole nitrogens is 1. The third kappa shape index (κ3) is 2.82. The van der Waals surface area contributed by atoms with Crippen molar-refractivity contribution in [2.75, 3.05) is 11.9 Å². The quantitative estimate of drug-likeness (QED) is 0.687. The predicted octanol–water partition coefficient (Wildman–Crippen LogP) is 1.66. The number of carbonyl (C=O) groups excluding carboxylic acids is 1. The highest BCUT2D eigenvalue weighted by Crippen LogP contribution is 2.21. The number of rotatable bonds is 5. The molecule has 1 aromatic heterocycles. The molecular formula is C12H15N3O2. The molecule has 0 aliphatic rings. The molecule has 0 aliphatic carbocycles. The van der Waals surface area contributed by atoms with Crippen LogP contribution in [-0.2, 0) is 4.79 Å². The summed E-state index contributed by atoms with van der Waals surface area (Å²) in [5, 5.41) is 19.2. The molecule has 0 atom stereocenters. The minimum Gasteiger partial charge on any atom is -0.396 e. The molecule has 0 unspecified atom stereocenters. The molecule has 2 rings (SSSR count). The lowest BCUT2D eigenvalue weighted by atomic mass is 10.2. The van der Waals surface area contributed by atoms with E-state index in [4.69, 9.17) is 5.11 Å². The first-order chi connectivity index (χ1) is 8.31. The van der Waals surface area contributed by atoms with Gasteiger partial charge in [0.2, 0.25) is 5.91 Å². The summed E-state index contributed by atoms with van der Waals surface area (Å²) in [6.45, 7) is 0.130. The number of aliphatic hydroxyl groups excluding tert-OH is 1. The number of hydrogen-bond donors (Lipinski definition) is 3. The van der Waals surface area contributed by atoms with Gasteiger partial charge in [0.25, 0.3) is 0 Å². The third-order valence-electron chi connectivity index (χ3n) is 2.57. The molecule has 5 nitrogen and oxygen atoms in total. The number of fused-ring (bicyclic) bond motifs is 1. The highest BCUT2D eigenvalue weighted by Gasteiger charge is 2.06. The van der Waals surface area contributed by atoms with Gasteiger partial charge in [0, 0.05) is 18.4 Å². The summed E-state index contributed by atoms with van der Waals surface area (Å²) in [6, 6.07) is 5.62. The summed E-state index contributed by atoms with van der Waals surface area (Å²) in [5.74, 6) is -0.0350. The Morgan fingerprint density at radius 3 is 3.12 bits per heavy atom. The smallest absolute Gasteiger partial charge is 0.224 e. The first kappa shape index (κ1) is 11.6. The fourth-order valence-electron chi connectivity index (χ4n) is 1.69. The van der Waals surface area contributed by atoms with Crippen molar-refractivity contribution in [1.29, 1.82) is 0 Å². The molecule has 0 aliphatic heterocycles. The molecule has 3 N–H and O–H groups in total. The van der Waals surface area contributed by atoms with Gasteiger partial charge >= 0.3 is 0 Å². The molecule has 1 heterocycles. The van der Waals surface area contributed by atoms with E-state index in [2.05, 4.69) is 15.5 Å². The van der Waals surface area contributed by atoms with Gasteiger partial charge in [-0.3, -0.25) is 9.89 Å². The van der Waals surface area contributed by atoms with E-state index in [9.17, 15) is 4.79 Å². The van der Waals surface area contributed by atoms with E-state index in [1.54, 1.807) is 6.20 Å². The minimum atomic E-state index is -0.0350. The summed E-state index contributed by atoms with van der Waals surface area (Å²) in [5.41, 5.74) is 1.67. The molecular weight excluding hydrogens is 218 g/mol. The maximum absolute atomic E-state index is 11.6. The van der Waals surface area contributed by atoms with Crippen LogP contribution in [-0.4, -0.2) is 27.8 Å². The van der Waals surface area contributed by atoms with Gasteiger partial charge in [-0.1, -0.05) is 6.07 Å².